The highest BCUT2D eigenvalue weighted by Crippen LogP contribution is 2.47. The van der Waals surface area contributed by atoms with Gasteiger partial charge in [-0.25, -0.2) is 13.2 Å². The monoisotopic (exact) mass is 282 g/mol. The minimum atomic E-state index is -6.61. The minimum Gasteiger partial charge on any atom is -0.203 e. The summed E-state index contributed by atoms with van der Waals surface area (Å²) in [6.07, 6.45) is -11.5. The van der Waals surface area contributed by atoms with E-state index < -0.39 is 36.1 Å². The van der Waals surface area contributed by atoms with Crippen molar-refractivity contribution in [2.45, 2.75) is 24.4 Å². The van der Waals surface area contributed by atoms with Gasteiger partial charge in [0.1, 0.15) is 0 Å². The third-order valence-electron chi connectivity index (χ3n) is 1.41. The highest BCUT2D eigenvalue weighted by atomic mass is 19.4. The maximum atomic E-state index is 12.2. The fourth-order valence-corrected chi connectivity index (χ4v) is 0.546. The number of hydrogen-bond donors (Lipinski definition) is 0. The van der Waals surface area contributed by atoms with E-state index in [9.17, 15) is 48.3 Å². The summed E-state index contributed by atoms with van der Waals surface area (Å²) in [5.41, 5.74) is 0. The molecule has 0 saturated heterocycles. The molecule has 0 saturated carbocycles. The highest BCUT2D eigenvalue weighted by molar-refractivity contribution is 5.18. The smallest absolute Gasteiger partial charge is 0.203 e. The van der Waals surface area contributed by atoms with Gasteiger partial charge in [0.25, 0.3) is 0 Å². The average Bonchev–Trinajstić information content (AvgIpc) is 2.13. The van der Waals surface area contributed by atoms with Gasteiger partial charge in [-0.2, -0.15) is 35.1 Å². The van der Waals surface area contributed by atoms with Crippen LogP contribution in [-0.4, -0.2) is 24.4 Å². The summed E-state index contributed by atoms with van der Waals surface area (Å²) in [6, 6.07) is 0. The second kappa shape index (κ2) is 4.33. The third kappa shape index (κ3) is 2.80. The second-order valence-corrected chi connectivity index (χ2v) is 2.62. The molecule has 0 spiro atoms. The number of hydrogen-bond acceptors (Lipinski definition) is 0. The number of allylic oxidation sites excluding steroid dienone is 2. The van der Waals surface area contributed by atoms with Gasteiger partial charge in [0, 0.05) is 0 Å². The molecule has 0 aromatic rings. The molecule has 0 aliphatic heterocycles. The Labute approximate surface area is 85.7 Å². The van der Waals surface area contributed by atoms with E-state index in [4.69, 9.17) is 0 Å². The Morgan fingerprint density at radius 3 is 1.29 bits per heavy atom. The van der Waals surface area contributed by atoms with E-state index in [1.807, 2.05) is 0 Å². The molecule has 0 atom stereocenters. The summed E-state index contributed by atoms with van der Waals surface area (Å²) in [5, 5.41) is 0. The Morgan fingerprint density at radius 1 is 0.706 bits per heavy atom. The van der Waals surface area contributed by atoms with Crippen LogP contribution in [0.25, 0.3) is 0 Å². The Bertz CT molecular complexity index is 308. The molecule has 11 heteroatoms. The number of alkyl halides is 9. The van der Waals surface area contributed by atoms with Gasteiger partial charge in [0.05, 0.1) is 0 Å². The molecule has 0 rings (SSSR count). The molecule has 0 unspecified atom stereocenters. The van der Waals surface area contributed by atoms with Gasteiger partial charge >= 0.3 is 24.4 Å². The molecule has 0 aliphatic rings. The van der Waals surface area contributed by atoms with E-state index in [2.05, 4.69) is 0 Å². The van der Waals surface area contributed by atoms with Crippen LogP contribution in [0.2, 0.25) is 0 Å². The van der Waals surface area contributed by atoms with Crippen molar-refractivity contribution >= 4 is 0 Å². The van der Waals surface area contributed by atoms with E-state index in [1.165, 1.54) is 0 Å². The van der Waals surface area contributed by atoms with Crippen molar-refractivity contribution in [3.63, 3.8) is 0 Å². The first-order chi connectivity index (χ1) is 7.26. The molecule has 17 heavy (non-hydrogen) atoms. The highest BCUT2D eigenvalue weighted by Gasteiger charge is 2.68. The topological polar surface area (TPSA) is 0 Å². The first kappa shape index (κ1) is 16.0. The lowest BCUT2D eigenvalue weighted by molar-refractivity contribution is -0.255. The molecule has 0 aromatic carbocycles. The van der Waals surface area contributed by atoms with Crippen molar-refractivity contribution in [3.8, 4) is 0 Å². The zero-order chi connectivity index (χ0) is 14.2. The van der Waals surface area contributed by atoms with Crippen LogP contribution < -0.4 is 0 Å². The molecular formula is C6HF11. The molecule has 0 fully saturated rings. The Hall–Kier alpha value is -1.03. The van der Waals surface area contributed by atoms with Gasteiger partial charge in [-0.1, -0.05) is 0 Å². The van der Waals surface area contributed by atoms with Crippen molar-refractivity contribution in [1.82, 2.24) is 0 Å². The largest absolute Gasteiger partial charge is 0.445 e. The lowest BCUT2D eigenvalue weighted by Crippen LogP contribution is -2.47. The quantitative estimate of drug-likeness (QED) is 0.679. The first-order valence-corrected chi connectivity index (χ1v) is 3.43. The third-order valence-corrected chi connectivity index (χ3v) is 1.41. The van der Waals surface area contributed by atoms with Crippen molar-refractivity contribution in [3.05, 3.63) is 11.7 Å². The Morgan fingerprint density at radius 2 is 1.06 bits per heavy atom. The molecular weight excluding hydrogens is 281 g/mol. The van der Waals surface area contributed by atoms with Crippen LogP contribution in [0, 0.1) is 0 Å². The molecule has 0 aliphatic carbocycles. The standard InChI is InChI=1S/C6HF11/c7-1(2(8)6(15,16)17)4(11,12)5(13,14)3(9)10/h3H/b2-1+. The second-order valence-electron chi connectivity index (χ2n) is 2.62. The zero-order valence-corrected chi connectivity index (χ0v) is 7.23. The van der Waals surface area contributed by atoms with Crippen LogP contribution in [0.3, 0.4) is 0 Å². The van der Waals surface area contributed by atoms with Gasteiger partial charge in [-0.15, -0.1) is 0 Å². The van der Waals surface area contributed by atoms with Crippen molar-refractivity contribution in [2.24, 2.45) is 0 Å². The average molecular weight is 282 g/mol. The first-order valence-electron chi connectivity index (χ1n) is 3.43. The van der Waals surface area contributed by atoms with Crippen LogP contribution >= 0.6 is 0 Å². The summed E-state index contributed by atoms with van der Waals surface area (Å²) in [4.78, 5) is 0. The molecule has 0 amide bonds. The summed E-state index contributed by atoms with van der Waals surface area (Å²) >= 11 is 0. The fourth-order valence-electron chi connectivity index (χ4n) is 0.546. The Kier molecular flexibility index (Phi) is 4.07. The Balaban J connectivity index is 5.64. The van der Waals surface area contributed by atoms with E-state index in [0.29, 0.717) is 0 Å². The predicted octanol–water partition coefficient (Wildman–Crippen LogP) is 4.24. The fraction of sp³-hybridized carbons (Fsp3) is 0.667. The van der Waals surface area contributed by atoms with Crippen LogP contribution in [-0.2, 0) is 0 Å². The van der Waals surface area contributed by atoms with Crippen LogP contribution in [0.5, 0.6) is 0 Å². The summed E-state index contributed by atoms with van der Waals surface area (Å²) < 4.78 is 129. The molecule has 0 nitrogen and oxygen atoms in total. The number of halogens is 11. The van der Waals surface area contributed by atoms with Crippen molar-refractivity contribution in [1.29, 1.82) is 0 Å². The van der Waals surface area contributed by atoms with Crippen LogP contribution in [0.1, 0.15) is 0 Å². The van der Waals surface area contributed by atoms with Gasteiger partial charge in [0.2, 0.25) is 11.7 Å². The van der Waals surface area contributed by atoms with Gasteiger partial charge in [-0.05, 0) is 0 Å². The molecule has 0 radical (unpaired) electrons. The van der Waals surface area contributed by atoms with Gasteiger partial charge in [0.15, 0.2) is 0 Å². The molecule has 0 N–H and O–H groups in total. The molecule has 0 heterocycles. The van der Waals surface area contributed by atoms with Gasteiger partial charge < -0.3 is 0 Å². The van der Waals surface area contributed by atoms with E-state index in [0.717, 1.165) is 0 Å². The van der Waals surface area contributed by atoms with Crippen molar-refractivity contribution in [2.75, 3.05) is 0 Å². The minimum absolute atomic E-state index is 4.19. The normalized spacial score (nSPS) is 16.2. The van der Waals surface area contributed by atoms with E-state index >= 15 is 0 Å². The lowest BCUT2D eigenvalue weighted by Gasteiger charge is -2.24. The molecule has 0 bridgehead atoms. The maximum absolute atomic E-state index is 12.2. The van der Waals surface area contributed by atoms with Gasteiger partial charge in [-0.3, -0.25) is 0 Å². The SMILES string of the molecule is F/C(=C(/F)C(F)(F)C(F)(F)C(F)F)C(F)(F)F. The molecule has 0 aromatic heterocycles. The molecule has 102 valence electrons. The summed E-state index contributed by atoms with van der Waals surface area (Å²) in [6.45, 7) is 0. The number of rotatable bonds is 3. The van der Waals surface area contributed by atoms with E-state index in [-0.39, 0.29) is 0 Å². The summed E-state index contributed by atoms with van der Waals surface area (Å²) in [7, 11) is 0. The van der Waals surface area contributed by atoms with Crippen LogP contribution in [0.4, 0.5) is 48.3 Å². The van der Waals surface area contributed by atoms with E-state index in [1.54, 1.807) is 0 Å². The summed E-state index contributed by atoms with van der Waals surface area (Å²) in [5.74, 6) is -21.6. The zero-order valence-electron chi connectivity index (χ0n) is 7.23. The van der Waals surface area contributed by atoms with Crippen LogP contribution in [0.15, 0.2) is 11.7 Å². The van der Waals surface area contributed by atoms with Crippen molar-refractivity contribution < 1.29 is 48.3 Å². The predicted molar refractivity (Wildman–Crippen MR) is 31.2 cm³/mol. The lowest BCUT2D eigenvalue weighted by atomic mass is 10.1. The maximum Gasteiger partial charge on any atom is 0.445 e.